The molecular formula is C16H28N2O2. The average Bonchev–Trinajstić information content (AvgIpc) is 2.88. The molecule has 0 aromatic heterocycles. The summed E-state index contributed by atoms with van der Waals surface area (Å²) >= 11 is 0. The lowest BCUT2D eigenvalue weighted by Crippen LogP contribution is -2.40. The summed E-state index contributed by atoms with van der Waals surface area (Å²) < 4.78 is 5.40. The smallest absolute Gasteiger partial charge is 0.410 e. The van der Waals surface area contributed by atoms with E-state index in [4.69, 9.17) is 4.74 Å². The van der Waals surface area contributed by atoms with Crippen LogP contribution in [0.3, 0.4) is 0 Å². The molecule has 1 aliphatic carbocycles. The van der Waals surface area contributed by atoms with E-state index in [1.165, 1.54) is 31.3 Å². The fourth-order valence-corrected chi connectivity index (χ4v) is 2.77. The number of amides is 1. The highest BCUT2D eigenvalue weighted by atomic mass is 16.6. The lowest BCUT2D eigenvalue weighted by atomic mass is 10.1. The first kappa shape index (κ1) is 15.4. The van der Waals surface area contributed by atoms with Crippen molar-refractivity contribution in [3.63, 3.8) is 0 Å². The summed E-state index contributed by atoms with van der Waals surface area (Å²) in [6.45, 7) is 8.14. The van der Waals surface area contributed by atoms with E-state index in [0.717, 1.165) is 19.5 Å². The van der Waals surface area contributed by atoms with Gasteiger partial charge in [0.2, 0.25) is 0 Å². The molecule has 0 unspecified atom stereocenters. The van der Waals surface area contributed by atoms with Crippen molar-refractivity contribution in [2.75, 3.05) is 19.6 Å². The van der Waals surface area contributed by atoms with Gasteiger partial charge >= 0.3 is 6.09 Å². The summed E-state index contributed by atoms with van der Waals surface area (Å²) in [4.78, 5) is 13.7. The molecule has 0 bridgehead atoms. The normalized spacial score (nSPS) is 20.9. The molecule has 0 saturated heterocycles. The lowest BCUT2D eigenvalue weighted by Gasteiger charge is -2.30. The van der Waals surface area contributed by atoms with E-state index in [0.29, 0.717) is 12.6 Å². The second-order valence-corrected chi connectivity index (χ2v) is 6.90. The zero-order valence-electron chi connectivity index (χ0n) is 13.1. The SMILES string of the molecule is CC(C)(C)OC(=O)N1CC=C(CNC2CCCC2)CC1. The minimum absolute atomic E-state index is 0.198. The van der Waals surface area contributed by atoms with Crippen molar-refractivity contribution in [2.45, 2.75) is 64.5 Å². The molecule has 0 aromatic rings. The minimum atomic E-state index is -0.412. The average molecular weight is 280 g/mol. The molecule has 0 radical (unpaired) electrons. The van der Waals surface area contributed by atoms with Crippen LogP contribution in [-0.4, -0.2) is 42.3 Å². The molecular weight excluding hydrogens is 252 g/mol. The van der Waals surface area contributed by atoms with Gasteiger partial charge in [-0.05, 0) is 40.0 Å². The van der Waals surface area contributed by atoms with Gasteiger partial charge in [-0.1, -0.05) is 24.5 Å². The molecule has 0 aromatic carbocycles. The third kappa shape index (κ3) is 4.82. The predicted octanol–water partition coefficient (Wildman–Crippen LogP) is 3.09. The highest BCUT2D eigenvalue weighted by molar-refractivity contribution is 5.68. The van der Waals surface area contributed by atoms with Gasteiger partial charge in [-0.25, -0.2) is 4.79 Å². The largest absolute Gasteiger partial charge is 0.444 e. The molecule has 4 heteroatoms. The number of carbonyl (C=O) groups excluding carboxylic acids is 1. The highest BCUT2D eigenvalue weighted by Gasteiger charge is 2.23. The Morgan fingerprint density at radius 3 is 2.65 bits per heavy atom. The number of hydrogen-bond donors (Lipinski definition) is 1. The fraction of sp³-hybridized carbons (Fsp3) is 0.812. The number of ether oxygens (including phenoxy) is 1. The number of nitrogens with zero attached hydrogens (tertiary/aromatic N) is 1. The Morgan fingerprint density at radius 2 is 2.10 bits per heavy atom. The molecule has 2 rings (SSSR count). The van der Waals surface area contributed by atoms with Crippen molar-refractivity contribution < 1.29 is 9.53 Å². The lowest BCUT2D eigenvalue weighted by molar-refractivity contribution is 0.0265. The standard InChI is InChI=1S/C16H28N2O2/c1-16(2,3)20-15(19)18-10-8-13(9-11-18)12-17-14-6-4-5-7-14/h8,14,17H,4-7,9-12H2,1-3H3. The maximum Gasteiger partial charge on any atom is 0.410 e. The summed E-state index contributed by atoms with van der Waals surface area (Å²) in [5, 5.41) is 3.63. The van der Waals surface area contributed by atoms with Crippen molar-refractivity contribution in [2.24, 2.45) is 0 Å². The quantitative estimate of drug-likeness (QED) is 0.808. The molecule has 1 N–H and O–H groups in total. The minimum Gasteiger partial charge on any atom is -0.444 e. The second kappa shape index (κ2) is 6.61. The summed E-state index contributed by atoms with van der Waals surface area (Å²) in [6, 6.07) is 0.708. The van der Waals surface area contributed by atoms with Crippen LogP contribution in [0.5, 0.6) is 0 Å². The Bertz CT molecular complexity index is 365. The van der Waals surface area contributed by atoms with Gasteiger partial charge in [-0.2, -0.15) is 0 Å². The first-order chi connectivity index (χ1) is 9.44. The summed E-state index contributed by atoms with van der Waals surface area (Å²) in [5.74, 6) is 0. The van der Waals surface area contributed by atoms with Gasteiger partial charge in [0.15, 0.2) is 0 Å². The number of rotatable bonds is 3. The molecule has 2 aliphatic rings. The first-order valence-electron chi connectivity index (χ1n) is 7.83. The predicted molar refractivity (Wildman–Crippen MR) is 80.8 cm³/mol. The Morgan fingerprint density at radius 1 is 1.40 bits per heavy atom. The van der Waals surface area contributed by atoms with Gasteiger partial charge < -0.3 is 15.0 Å². The number of nitrogens with one attached hydrogen (secondary N) is 1. The maximum atomic E-state index is 11.9. The Kier molecular flexibility index (Phi) is 5.08. The van der Waals surface area contributed by atoms with E-state index in [1.54, 1.807) is 4.90 Å². The molecule has 1 fully saturated rings. The van der Waals surface area contributed by atoms with E-state index in [9.17, 15) is 4.79 Å². The third-order valence-corrected chi connectivity index (χ3v) is 3.93. The van der Waals surface area contributed by atoms with Crippen LogP contribution in [0.2, 0.25) is 0 Å². The second-order valence-electron chi connectivity index (χ2n) is 6.90. The molecule has 0 atom stereocenters. The Hall–Kier alpha value is -1.03. The molecule has 114 valence electrons. The maximum absolute atomic E-state index is 11.9. The van der Waals surface area contributed by atoms with E-state index in [2.05, 4.69) is 11.4 Å². The number of carbonyl (C=O) groups is 1. The van der Waals surface area contributed by atoms with E-state index in [-0.39, 0.29) is 6.09 Å². The van der Waals surface area contributed by atoms with Crippen LogP contribution in [0.25, 0.3) is 0 Å². The van der Waals surface area contributed by atoms with Gasteiger partial charge in [-0.15, -0.1) is 0 Å². The van der Waals surface area contributed by atoms with Crippen LogP contribution in [0, 0.1) is 0 Å². The molecule has 20 heavy (non-hydrogen) atoms. The van der Waals surface area contributed by atoms with Crippen LogP contribution in [-0.2, 0) is 4.74 Å². The van der Waals surface area contributed by atoms with Gasteiger partial charge in [0.1, 0.15) is 5.60 Å². The fourth-order valence-electron chi connectivity index (χ4n) is 2.77. The van der Waals surface area contributed by atoms with Crippen LogP contribution in [0.15, 0.2) is 11.6 Å². The molecule has 1 aliphatic heterocycles. The van der Waals surface area contributed by atoms with Gasteiger partial charge in [-0.3, -0.25) is 0 Å². The van der Waals surface area contributed by atoms with Crippen LogP contribution >= 0.6 is 0 Å². The van der Waals surface area contributed by atoms with Gasteiger partial charge in [0.25, 0.3) is 0 Å². The van der Waals surface area contributed by atoms with Crippen molar-refractivity contribution in [1.29, 1.82) is 0 Å². The van der Waals surface area contributed by atoms with Gasteiger partial charge in [0.05, 0.1) is 0 Å². The zero-order valence-corrected chi connectivity index (χ0v) is 13.1. The molecule has 4 nitrogen and oxygen atoms in total. The van der Waals surface area contributed by atoms with Crippen LogP contribution < -0.4 is 5.32 Å². The van der Waals surface area contributed by atoms with E-state index in [1.807, 2.05) is 20.8 Å². The van der Waals surface area contributed by atoms with Crippen LogP contribution in [0.4, 0.5) is 4.79 Å². The summed E-state index contributed by atoms with van der Waals surface area (Å²) in [6.07, 6.45) is 8.30. The summed E-state index contributed by atoms with van der Waals surface area (Å²) in [7, 11) is 0. The van der Waals surface area contributed by atoms with Crippen molar-refractivity contribution >= 4 is 6.09 Å². The molecule has 1 heterocycles. The zero-order chi connectivity index (χ0) is 14.6. The topological polar surface area (TPSA) is 41.6 Å². The molecule has 0 spiro atoms. The summed E-state index contributed by atoms with van der Waals surface area (Å²) in [5.41, 5.74) is 1.02. The van der Waals surface area contributed by atoms with Crippen molar-refractivity contribution in [3.05, 3.63) is 11.6 Å². The monoisotopic (exact) mass is 280 g/mol. The van der Waals surface area contributed by atoms with Crippen molar-refractivity contribution in [1.82, 2.24) is 10.2 Å². The Labute approximate surface area is 122 Å². The first-order valence-corrected chi connectivity index (χ1v) is 7.83. The third-order valence-electron chi connectivity index (χ3n) is 3.93. The molecule has 1 saturated carbocycles. The van der Waals surface area contributed by atoms with E-state index >= 15 is 0 Å². The number of hydrogen-bond acceptors (Lipinski definition) is 3. The van der Waals surface area contributed by atoms with E-state index < -0.39 is 5.60 Å². The molecule has 1 amide bonds. The Balaban J connectivity index is 1.73. The van der Waals surface area contributed by atoms with Gasteiger partial charge in [0, 0.05) is 25.7 Å². The highest BCUT2D eigenvalue weighted by Crippen LogP contribution is 2.19. The van der Waals surface area contributed by atoms with Crippen molar-refractivity contribution in [3.8, 4) is 0 Å². The van der Waals surface area contributed by atoms with Crippen LogP contribution in [0.1, 0.15) is 52.9 Å².